The van der Waals surface area contributed by atoms with E-state index >= 15 is 0 Å². The summed E-state index contributed by atoms with van der Waals surface area (Å²) in [5.74, 6) is -0.176. The second kappa shape index (κ2) is 7.05. The zero-order chi connectivity index (χ0) is 17.8. The maximum absolute atomic E-state index is 12.3. The highest BCUT2D eigenvalue weighted by molar-refractivity contribution is 5.93. The van der Waals surface area contributed by atoms with Crippen LogP contribution in [0.2, 0.25) is 0 Å². The minimum Gasteiger partial charge on any atom is -0.459 e. The number of esters is 2. The fourth-order valence-electron chi connectivity index (χ4n) is 2.33. The van der Waals surface area contributed by atoms with E-state index < -0.39 is 11.9 Å². The third-order valence-corrected chi connectivity index (χ3v) is 3.56. The summed E-state index contributed by atoms with van der Waals surface area (Å²) < 4.78 is 16.3. The summed E-state index contributed by atoms with van der Waals surface area (Å²) in [5, 5.41) is 0. The number of ether oxygens (including phenoxy) is 2. The molecule has 0 fully saturated rings. The van der Waals surface area contributed by atoms with E-state index in [0.29, 0.717) is 22.6 Å². The van der Waals surface area contributed by atoms with Crippen molar-refractivity contribution in [3.63, 3.8) is 0 Å². The fraction of sp³-hybridized carbons (Fsp3) is 0.100. The smallest absolute Gasteiger partial charge is 0.343 e. The molecule has 0 atom stereocenters. The lowest BCUT2D eigenvalue weighted by atomic mass is 10.2. The number of hydrogen-bond donors (Lipinski definition) is 0. The minimum absolute atomic E-state index is 0.107. The lowest BCUT2D eigenvalue weighted by molar-refractivity contribution is 0.0682. The molecular formula is C20H16O5. The molecule has 0 saturated heterocycles. The molecule has 1 heterocycles. The highest BCUT2D eigenvalue weighted by Gasteiger charge is 2.24. The van der Waals surface area contributed by atoms with Crippen molar-refractivity contribution in [3.8, 4) is 11.5 Å². The normalized spacial score (nSPS) is 10.3. The predicted molar refractivity (Wildman–Crippen MR) is 91.0 cm³/mol. The molecular weight excluding hydrogens is 320 g/mol. The lowest BCUT2D eigenvalue weighted by Gasteiger charge is -2.07. The minimum atomic E-state index is -0.554. The van der Waals surface area contributed by atoms with E-state index in [1.54, 1.807) is 74.5 Å². The molecule has 0 unspecified atom stereocenters. The van der Waals surface area contributed by atoms with Crippen molar-refractivity contribution in [1.29, 1.82) is 0 Å². The number of furan rings is 1. The zero-order valence-corrected chi connectivity index (χ0v) is 13.8. The number of aryl methyl sites for hydroxylation is 2. The van der Waals surface area contributed by atoms with Crippen LogP contribution in [-0.2, 0) is 0 Å². The first-order valence-corrected chi connectivity index (χ1v) is 7.70. The molecule has 0 bridgehead atoms. The molecule has 0 aliphatic rings. The number of rotatable bonds is 4. The Bertz CT molecular complexity index is 821. The monoisotopic (exact) mass is 336 g/mol. The Labute approximate surface area is 144 Å². The van der Waals surface area contributed by atoms with E-state index in [9.17, 15) is 9.59 Å². The topological polar surface area (TPSA) is 65.7 Å². The summed E-state index contributed by atoms with van der Waals surface area (Å²) in [6.07, 6.45) is 0. The summed E-state index contributed by atoms with van der Waals surface area (Å²) in [4.78, 5) is 24.6. The summed E-state index contributed by atoms with van der Waals surface area (Å²) in [5.41, 5.74) is 0.780. The van der Waals surface area contributed by atoms with Crippen molar-refractivity contribution >= 4 is 11.9 Å². The van der Waals surface area contributed by atoms with Crippen LogP contribution in [0.5, 0.6) is 11.5 Å². The van der Waals surface area contributed by atoms with Gasteiger partial charge >= 0.3 is 11.9 Å². The summed E-state index contributed by atoms with van der Waals surface area (Å²) in [6.45, 7) is 3.28. The van der Waals surface area contributed by atoms with E-state index in [2.05, 4.69) is 0 Å². The summed E-state index contributed by atoms with van der Waals surface area (Å²) >= 11 is 0. The van der Waals surface area contributed by atoms with Crippen LogP contribution in [0.1, 0.15) is 32.2 Å². The predicted octanol–water partition coefficient (Wildman–Crippen LogP) is 4.33. The molecule has 5 nitrogen and oxygen atoms in total. The highest BCUT2D eigenvalue weighted by Crippen LogP contribution is 2.38. The van der Waals surface area contributed by atoms with Crippen molar-refractivity contribution < 1.29 is 23.5 Å². The second-order valence-electron chi connectivity index (χ2n) is 5.38. The first-order valence-electron chi connectivity index (χ1n) is 7.70. The summed E-state index contributed by atoms with van der Waals surface area (Å²) in [6, 6.07) is 17.1. The van der Waals surface area contributed by atoms with Gasteiger partial charge in [-0.05, 0) is 38.1 Å². The van der Waals surface area contributed by atoms with E-state index in [4.69, 9.17) is 13.9 Å². The van der Waals surface area contributed by atoms with Gasteiger partial charge in [0.1, 0.15) is 11.5 Å². The van der Waals surface area contributed by atoms with Crippen LogP contribution in [0.25, 0.3) is 0 Å². The van der Waals surface area contributed by atoms with Gasteiger partial charge in [0, 0.05) is 0 Å². The van der Waals surface area contributed by atoms with Crippen LogP contribution in [0.15, 0.2) is 65.1 Å². The van der Waals surface area contributed by atoms with Crippen LogP contribution < -0.4 is 9.47 Å². The van der Waals surface area contributed by atoms with Crippen LogP contribution >= 0.6 is 0 Å². The zero-order valence-electron chi connectivity index (χ0n) is 13.8. The third-order valence-electron chi connectivity index (χ3n) is 3.56. The first kappa shape index (κ1) is 16.5. The van der Waals surface area contributed by atoms with Crippen LogP contribution in [0, 0.1) is 13.8 Å². The maximum atomic E-state index is 12.3. The van der Waals surface area contributed by atoms with Crippen molar-refractivity contribution in [3.05, 3.63) is 83.3 Å². The standard InChI is InChI=1S/C20H16O5/c1-13-17(24-19(21)15-9-5-3-6-10-15)18(14(2)23-13)25-20(22)16-11-7-4-8-12-16/h3-12H,1-2H3. The van der Waals surface area contributed by atoms with Crippen LogP contribution in [0.4, 0.5) is 0 Å². The molecule has 0 amide bonds. The Morgan fingerprint density at radius 2 is 1.04 bits per heavy atom. The van der Waals surface area contributed by atoms with Gasteiger partial charge < -0.3 is 13.9 Å². The number of benzene rings is 2. The molecule has 3 rings (SSSR count). The largest absolute Gasteiger partial charge is 0.459 e. The van der Waals surface area contributed by atoms with Gasteiger partial charge in [-0.2, -0.15) is 0 Å². The molecule has 0 N–H and O–H groups in total. The molecule has 126 valence electrons. The SMILES string of the molecule is Cc1oc(C)c(OC(=O)c2ccccc2)c1OC(=O)c1ccccc1. The van der Waals surface area contributed by atoms with Gasteiger partial charge in [-0.3, -0.25) is 0 Å². The van der Waals surface area contributed by atoms with E-state index in [-0.39, 0.29) is 11.5 Å². The molecule has 3 aromatic rings. The molecule has 1 aromatic heterocycles. The van der Waals surface area contributed by atoms with Gasteiger partial charge in [0.2, 0.25) is 11.5 Å². The average molecular weight is 336 g/mol. The molecule has 0 saturated carbocycles. The average Bonchev–Trinajstić information content (AvgIpc) is 2.90. The van der Waals surface area contributed by atoms with Gasteiger partial charge in [0.15, 0.2) is 0 Å². The van der Waals surface area contributed by atoms with E-state index in [1.165, 1.54) is 0 Å². The molecule has 25 heavy (non-hydrogen) atoms. The Morgan fingerprint density at radius 3 is 1.40 bits per heavy atom. The van der Waals surface area contributed by atoms with Crippen molar-refractivity contribution in [1.82, 2.24) is 0 Å². The third kappa shape index (κ3) is 3.61. The Balaban J connectivity index is 1.86. The van der Waals surface area contributed by atoms with Crippen LogP contribution in [-0.4, -0.2) is 11.9 Å². The molecule has 0 radical (unpaired) electrons. The lowest BCUT2D eigenvalue weighted by Crippen LogP contribution is -2.12. The van der Waals surface area contributed by atoms with Gasteiger partial charge in [0.05, 0.1) is 11.1 Å². The molecule has 5 heteroatoms. The Kier molecular flexibility index (Phi) is 4.66. The molecule has 0 aliphatic carbocycles. The quantitative estimate of drug-likeness (QED) is 0.663. The highest BCUT2D eigenvalue weighted by atomic mass is 16.6. The van der Waals surface area contributed by atoms with E-state index in [1.807, 2.05) is 0 Å². The Hall–Kier alpha value is -3.34. The molecule has 0 spiro atoms. The molecule has 0 aliphatic heterocycles. The second-order valence-corrected chi connectivity index (χ2v) is 5.38. The van der Waals surface area contributed by atoms with Gasteiger partial charge in [-0.15, -0.1) is 0 Å². The molecule has 2 aromatic carbocycles. The van der Waals surface area contributed by atoms with Gasteiger partial charge in [-0.25, -0.2) is 9.59 Å². The van der Waals surface area contributed by atoms with Crippen LogP contribution in [0.3, 0.4) is 0 Å². The van der Waals surface area contributed by atoms with Crippen molar-refractivity contribution in [2.45, 2.75) is 13.8 Å². The van der Waals surface area contributed by atoms with Gasteiger partial charge in [-0.1, -0.05) is 36.4 Å². The Morgan fingerprint density at radius 1 is 0.680 bits per heavy atom. The summed E-state index contributed by atoms with van der Waals surface area (Å²) in [7, 11) is 0. The number of hydrogen-bond acceptors (Lipinski definition) is 5. The van der Waals surface area contributed by atoms with Crippen molar-refractivity contribution in [2.75, 3.05) is 0 Å². The first-order chi connectivity index (χ1) is 12.1. The maximum Gasteiger partial charge on any atom is 0.343 e. The van der Waals surface area contributed by atoms with Gasteiger partial charge in [0.25, 0.3) is 0 Å². The van der Waals surface area contributed by atoms with Crippen molar-refractivity contribution in [2.24, 2.45) is 0 Å². The number of carbonyl (C=O) groups is 2. The van der Waals surface area contributed by atoms with E-state index in [0.717, 1.165) is 0 Å². The fourth-order valence-corrected chi connectivity index (χ4v) is 2.33. The number of carbonyl (C=O) groups excluding carboxylic acids is 2.